The molecule has 3 nitrogen and oxygen atoms in total. The van der Waals surface area contributed by atoms with Crippen LogP contribution in [0.5, 0.6) is 5.75 Å². The summed E-state index contributed by atoms with van der Waals surface area (Å²) in [5.41, 5.74) is 0. The van der Waals surface area contributed by atoms with Gasteiger partial charge in [-0.3, -0.25) is 4.98 Å². The zero-order chi connectivity index (χ0) is 9.80. The summed E-state index contributed by atoms with van der Waals surface area (Å²) in [6.07, 6.45) is 6.11. The van der Waals surface area contributed by atoms with Crippen LogP contribution in [0.15, 0.2) is 22.9 Å². The van der Waals surface area contributed by atoms with Gasteiger partial charge in [0.1, 0.15) is 11.9 Å². The van der Waals surface area contributed by atoms with Crippen molar-refractivity contribution in [3.8, 4) is 5.75 Å². The summed E-state index contributed by atoms with van der Waals surface area (Å²) in [4.78, 5) is 4.00. The Morgan fingerprint density at radius 1 is 1.57 bits per heavy atom. The lowest BCUT2D eigenvalue weighted by atomic mass is 10.1. The van der Waals surface area contributed by atoms with Crippen molar-refractivity contribution in [3.63, 3.8) is 0 Å². The maximum atomic E-state index is 5.84. The normalized spacial score (nSPS) is 21.9. The molecule has 0 saturated carbocycles. The van der Waals surface area contributed by atoms with Crippen LogP contribution in [0.25, 0.3) is 0 Å². The Labute approximate surface area is 92.0 Å². The Kier molecular flexibility index (Phi) is 3.37. The largest absolute Gasteiger partial charge is 0.488 e. The van der Waals surface area contributed by atoms with Crippen molar-refractivity contribution in [1.82, 2.24) is 10.3 Å². The number of pyridine rings is 1. The van der Waals surface area contributed by atoms with E-state index in [1.54, 1.807) is 12.4 Å². The molecule has 1 aliphatic heterocycles. The molecular formula is C10H13BrN2O. The highest BCUT2D eigenvalue weighted by atomic mass is 79.9. The predicted molar refractivity (Wildman–Crippen MR) is 58.5 cm³/mol. The van der Waals surface area contributed by atoms with Gasteiger partial charge in [0.25, 0.3) is 0 Å². The average molecular weight is 257 g/mol. The molecule has 0 aromatic carbocycles. The van der Waals surface area contributed by atoms with Crippen LogP contribution in [-0.4, -0.2) is 24.2 Å². The molecule has 0 spiro atoms. The molecule has 14 heavy (non-hydrogen) atoms. The molecule has 1 N–H and O–H groups in total. The van der Waals surface area contributed by atoms with Gasteiger partial charge in [0.2, 0.25) is 0 Å². The van der Waals surface area contributed by atoms with E-state index in [0.29, 0.717) is 6.10 Å². The van der Waals surface area contributed by atoms with Crippen LogP contribution in [0.3, 0.4) is 0 Å². The van der Waals surface area contributed by atoms with Crippen molar-refractivity contribution < 1.29 is 4.74 Å². The number of hydrogen-bond acceptors (Lipinski definition) is 3. The highest BCUT2D eigenvalue weighted by molar-refractivity contribution is 9.10. The Morgan fingerprint density at radius 3 is 3.21 bits per heavy atom. The summed E-state index contributed by atoms with van der Waals surface area (Å²) in [5.74, 6) is 0.883. The zero-order valence-corrected chi connectivity index (χ0v) is 9.46. The van der Waals surface area contributed by atoms with E-state index < -0.39 is 0 Å². The zero-order valence-electron chi connectivity index (χ0n) is 7.87. The molecule has 4 heteroatoms. The molecular weight excluding hydrogens is 244 g/mol. The monoisotopic (exact) mass is 256 g/mol. The summed E-state index contributed by atoms with van der Waals surface area (Å²) in [5, 5.41) is 3.32. The lowest BCUT2D eigenvalue weighted by Gasteiger charge is -2.24. The van der Waals surface area contributed by atoms with Crippen LogP contribution < -0.4 is 10.1 Å². The number of nitrogens with one attached hydrogen (secondary N) is 1. The van der Waals surface area contributed by atoms with E-state index in [-0.39, 0.29) is 0 Å². The van der Waals surface area contributed by atoms with Crippen LogP contribution in [0.4, 0.5) is 0 Å². The second-order valence-corrected chi connectivity index (χ2v) is 4.25. The van der Waals surface area contributed by atoms with Gasteiger partial charge in [-0.1, -0.05) is 0 Å². The van der Waals surface area contributed by atoms with Gasteiger partial charge in [-0.15, -0.1) is 0 Å². The lowest BCUT2D eigenvalue weighted by Crippen LogP contribution is -2.37. The van der Waals surface area contributed by atoms with Gasteiger partial charge in [-0.05, 0) is 41.4 Å². The van der Waals surface area contributed by atoms with Crippen molar-refractivity contribution in [1.29, 1.82) is 0 Å². The smallest absolute Gasteiger partial charge is 0.137 e. The van der Waals surface area contributed by atoms with Crippen LogP contribution in [0.2, 0.25) is 0 Å². The summed E-state index contributed by atoms with van der Waals surface area (Å²) >= 11 is 3.42. The van der Waals surface area contributed by atoms with Crippen LogP contribution in [0.1, 0.15) is 12.8 Å². The van der Waals surface area contributed by atoms with Crippen molar-refractivity contribution in [2.75, 3.05) is 13.1 Å². The second-order valence-electron chi connectivity index (χ2n) is 3.39. The fraction of sp³-hybridized carbons (Fsp3) is 0.500. The average Bonchev–Trinajstić information content (AvgIpc) is 2.23. The predicted octanol–water partition coefficient (Wildman–Crippen LogP) is 1.97. The van der Waals surface area contributed by atoms with Gasteiger partial charge in [0.05, 0.1) is 4.47 Å². The first kappa shape index (κ1) is 9.93. The highest BCUT2D eigenvalue weighted by Gasteiger charge is 2.15. The Morgan fingerprint density at radius 2 is 2.50 bits per heavy atom. The fourth-order valence-corrected chi connectivity index (χ4v) is 1.90. The molecule has 1 unspecified atom stereocenters. The lowest BCUT2D eigenvalue weighted by molar-refractivity contribution is 0.166. The molecule has 1 aliphatic rings. The molecule has 0 amide bonds. The van der Waals surface area contributed by atoms with Gasteiger partial charge in [0.15, 0.2) is 0 Å². The molecule has 1 saturated heterocycles. The summed E-state index contributed by atoms with van der Waals surface area (Å²) in [6, 6.07) is 1.89. The third-order valence-corrected chi connectivity index (χ3v) is 2.88. The van der Waals surface area contributed by atoms with E-state index in [1.165, 1.54) is 6.42 Å². The Balaban J connectivity index is 1.99. The van der Waals surface area contributed by atoms with E-state index in [9.17, 15) is 0 Å². The van der Waals surface area contributed by atoms with Gasteiger partial charge in [-0.25, -0.2) is 0 Å². The topological polar surface area (TPSA) is 34.1 Å². The fourth-order valence-electron chi connectivity index (χ4n) is 1.56. The number of nitrogens with zero attached hydrogens (tertiary/aromatic N) is 1. The molecule has 0 aliphatic carbocycles. The quantitative estimate of drug-likeness (QED) is 0.879. The second kappa shape index (κ2) is 4.75. The minimum Gasteiger partial charge on any atom is -0.488 e. The van der Waals surface area contributed by atoms with Crippen molar-refractivity contribution in [2.45, 2.75) is 18.9 Å². The molecule has 0 bridgehead atoms. The molecule has 2 rings (SSSR count). The summed E-state index contributed by atoms with van der Waals surface area (Å²) in [7, 11) is 0. The molecule has 1 aromatic heterocycles. The van der Waals surface area contributed by atoms with Gasteiger partial charge >= 0.3 is 0 Å². The number of hydrogen-bond donors (Lipinski definition) is 1. The molecule has 1 aromatic rings. The molecule has 76 valence electrons. The van der Waals surface area contributed by atoms with E-state index in [0.717, 1.165) is 29.7 Å². The van der Waals surface area contributed by atoms with Crippen LogP contribution >= 0.6 is 15.9 Å². The number of aromatic nitrogens is 1. The van der Waals surface area contributed by atoms with Gasteiger partial charge < -0.3 is 10.1 Å². The summed E-state index contributed by atoms with van der Waals surface area (Å²) in [6.45, 7) is 2.05. The first-order chi connectivity index (χ1) is 6.86. The maximum Gasteiger partial charge on any atom is 0.137 e. The minimum atomic E-state index is 0.294. The molecule has 2 heterocycles. The van der Waals surface area contributed by atoms with Crippen molar-refractivity contribution >= 4 is 15.9 Å². The maximum absolute atomic E-state index is 5.84. The standard InChI is InChI=1S/C10H13BrN2O/c11-9-7-13-5-3-10(9)14-8-2-1-4-12-6-8/h3,5,7-8,12H,1-2,4,6H2. The van der Waals surface area contributed by atoms with E-state index in [1.807, 2.05) is 6.07 Å². The number of halogens is 1. The number of rotatable bonds is 2. The SMILES string of the molecule is Brc1cnccc1OC1CCCNC1. The first-order valence-corrected chi connectivity index (χ1v) is 5.62. The Hall–Kier alpha value is -0.610. The summed E-state index contributed by atoms with van der Waals surface area (Å²) < 4.78 is 6.76. The first-order valence-electron chi connectivity index (χ1n) is 4.83. The van der Waals surface area contributed by atoms with E-state index in [2.05, 4.69) is 26.2 Å². The Bertz CT molecular complexity index is 300. The molecule has 0 radical (unpaired) electrons. The van der Waals surface area contributed by atoms with E-state index >= 15 is 0 Å². The van der Waals surface area contributed by atoms with Crippen molar-refractivity contribution in [2.24, 2.45) is 0 Å². The molecule has 1 atom stereocenters. The van der Waals surface area contributed by atoms with Crippen molar-refractivity contribution in [3.05, 3.63) is 22.9 Å². The minimum absolute atomic E-state index is 0.294. The number of ether oxygens (including phenoxy) is 1. The van der Waals surface area contributed by atoms with Gasteiger partial charge in [-0.2, -0.15) is 0 Å². The number of piperidine rings is 1. The van der Waals surface area contributed by atoms with Crippen LogP contribution in [0, 0.1) is 0 Å². The van der Waals surface area contributed by atoms with Crippen LogP contribution in [-0.2, 0) is 0 Å². The van der Waals surface area contributed by atoms with E-state index in [4.69, 9.17) is 4.74 Å². The third-order valence-electron chi connectivity index (χ3n) is 2.28. The molecule has 1 fully saturated rings. The third kappa shape index (κ3) is 2.45. The van der Waals surface area contributed by atoms with Gasteiger partial charge in [0, 0.05) is 18.9 Å². The highest BCUT2D eigenvalue weighted by Crippen LogP contribution is 2.24.